The number of benzene rings is 1. The summed E-state index contributed by atoms with van der Waals surface area (Å²) in [6.07, 6.45) is 3.21. The molecule has 0 radical (unpaired) electrons. The average molecular weight is 410 g/mol. The van der Waals surface area contributed by atoms with Crippen molar-refractivity contribution in [2.75, 3.05) is 31.8 Å². The smallest absolute Gasteiger partial charge is 0.331 e. The molecule has 28 heavy (non-hydrogen) atoms. The van der Waals surface area contributed by atoms with Crippen LogP contribution in [0.3, 0.4) is 0 Å². The van der Waals surface area contributed by atoms with Crippen molar-refractivity contribution in [1.82, 2.24) is 4.90 Å². The van der Waals surface area contributed by atoms with E-state index < -0.39 is 22.4 Å². The topological polar surface area (TPSA) is 90.0 Å². The Bertz CT molecular complexity index is 831. The van der Waals surface area contributed by atoms with Crippen molar-refractivity contribution in [3.8, 4) is 5.75 Å². The molecule has 1 aromatic rings. The van der Waals surface area contributed by atoms with Crippen LogP contribution in [0.4, 0.5) is 0 Å². The zero-order valence-electron chi connectivity index (χ0n) is 16.5. The van der Waals surface area contributed by atoms with Crippen molar-refractivity contribution in [2.24, 2.45) is 5.92 Å². The summed E-state index contributed by atoms with van der Waals surface area (Å²) in [6, 6.07) is 6.84. The molecule has 2 rings (SSSR count). The second-order valence-corrected chi connectivity index (χ2v) is 9.41. The van der Waals surface area contributed by atoms with Gasteiger partial charge in [-0.15, -0.1) is 0 Å². The van der Waals surface area contributed by atoms with Gasteiger partial charge in [0.2, 0.25) is 0 Å². The predicted octanol–water partition coefficient (Wildman–Crippen LogP) is 1.92. The number of carbonyl (C=O) groups is 2. The molecule has 154 valence electrons. The molecule has 0 aromatic heterocycles. The van der Waals surface area contributed by atoms with Gasteiger partial charge in [0, 0.05) is 24.2 Å². The lowest BCUT2D eigenvalue weighted by Crippen LogP contribution is -2.45. The van der Waals surface area contributed by atoms with E-state index in [4.69, 9.17) is 9.47 Å². The molecule has 0 spiro atoms. The van der Waals surface area contributed by atoms with Gasteiger partial charge in [-0.3, -0.25) is 4.79 Å². The first-order chi connectivity index (χ1) is 13.2. The van der Waals surface area contributed by atoms with E-state index >= 15 is 0 Å². The molecule has 1 aromatic carbocycles. The maximum Gasteiger partial charge on any atom is 0.331 e. The van der Waals surface area contributed by atoms with E-state index in [0.717, 1.165) is 0 Å². The van der Waals surface area contributed by atoms with Gasteiger partial charge < -0.3 is 14.4 Å². The van der Waals surface area contributed by atoms with Crippen molar-refractivity contribution < 1.29 is 27.5 Å². The van der Waals surface area contributed by atoms with E-state index in [1.807, 2.05) is 26.0 Å². The Morgan fingerprint density at radius 1 is 1.29 bits per heavy atom. The summed E-state index contributed by atoms with van der Waals surface area (Å²) in [5.41, 5.74) is 0.714. The molecule has 1 atom stereocenters. The van der Waals surface area contributed by atoms with Crippen LogP contribution < -0.4 is 4.74 Å². The highest BCUT2D eigenvalue weighted by atomic mass is 32.2. The predicted molar refractivity (Wildman–Crippen MR) is 107 cm³/mol. The largest absolute Gasteiger partial charge is 0.496 e. The molecule has 1 aliphatic rings. The van der Waals surface area contributed by atoms with E-state index in [-0.39, 0.29) is 29.4 Å². The molecular formula is C20H27NO6S. The van der Waals surface area contributed by atoms with Crippen molar-refractivity contribution in [2.45, 2.75) is 26.3 Å². The summed E-state index contributed by atoms with van der Waals surface area (Å²) in [5.74, 6) is -0.187. The van der Waals surface area contributed by atoms with Crippen LogP contribution in [0.15, 0.2) is 30.3 Å². The fourth-order valence-corrected chi connectivity index (χ4v) is 4.83. The first-order valence-electron chi connectivity index (χ1n) is 9.19. The summed E-state index contributed by atoms with van der Waals surface area (Å²) in [7, 11) is -1.57. The number of esters is 1. The molecular weight excluding hydrogens is 382 g/mol. The Hall–Kier alpha value is -2.35. The zero-order valence-corrected chi connectivity index (χ0v) is 17.3. The lowest BCUT2D eigenvalue weighted by atomic mass is 10.1. The second kappa shape index (κ2) is 9.73. The van der Waals surface area contributed by atoms with Crippen molar-refractivity contribution in [3.63, 3.8) is 0 Å². The van der Waals surface area contributed by atoms with Gasteiger partial charge in [-0.1, -0.05) is 32.0 Å². The maximum atomic E-state index is 12.6. The Labute approximate surface area is 166 Å². The van der Waals surface area contributed by atoms with E-state index in [1.165, 1.54) is 18.1 Å². The summed E-state index contributed by atoms with van der Waals surface area (Å²) in [6.45, 7) is 3.91. The standard InChI is InChI=1S/C20H27NO6S/c1-15(2)12-21(17-10-11-28(24,25)14-17)19(22)13-27-20(23)9-8-16-6-4-5-7-18(16)26-3/h4-9,15,17H,10-14H2,1-3H3/b9-8+/t17-/m0/s1. The minimum Gasteiger partial charge on any atom is -0.496 e. The normalized spacial score (nSPS) is 18.4. The summed E-state index contributed by atoms with van der Waals surface area (Å²) >= 11 is 0. The minimum absolute atomic E-state index is 0.0346. The van der Waals surface area contributed by atoms with Crippen molar-refractivity contribution in [3.05, 3.63) is 35.9 Å². The Morgan fingerprint density at radius 2 is 2.00 bits per heavy atom. The number of nitrogens with zero attached hydrogens (tertiary/aromatic N) is 1. The van der Waals surface area contributed by atoms with Crippen LogP contribution in [0, 0.1) is 5.92 Å². The number of sulfone groups is 1. The van der Waals surface area contributed by atoms with Crippen LogP contribution in [0.2, 0.25) is 0 Å². The lowest BCUT2D eigenvalue weighted by molar-refractivity contribution is -0.149. The third kappa shape index (κ3) is 6.37. The van der Waals surface area contributed by atoms with Crippen LogP contribution >= 0.6 is 0 Å². The lowest BCUT2D eigenvalue weighted by Gasteiger charge is -2.29. The van der Waals surface area contributed by atoms with Gasteiger partial charge in [-0.25, -0.2) is 13.2 Å². The fraction of sp³-hybridized carbons (Fsp3) is 0.500. The average Bonchev–Trinajstić information content (AvgIpc) is 3.02. The van der Waals surface area contributed by atoms with E-state index in [2.05, 4.69) is 0 Å². The molecule has 8 heteroatoms. The number of amides is 1. The Balaban J connectivity index is 1.95. The van der Waals surface area contributed by atoms with Gasteiger partial charge >= 0.3 is 5.97 Å². The molecule has 0 saturated carbocycles. The third-order valence-corrected chi connectivity index (χ3v) is 6.16. The number of rotatable bonds is 8. The van der Waals surface area contributed by atoms with Crippen LogP contribution in [0.5, 0.6) is 5.75 Å². The van der Waals surface area contributed by atoms with Gasteiger partial charge in [0.1, 0.15) is 5.75 Å². The number of hydrogen-bond donors (Lipinski definition) is 0. The monoisotopic (exact) mass is 409 g/mol. The molecule has 0 aliphatic carbocycles. The molecule has 7 nitrogen and oxygen atoms in total. The molecule has 1 fully saturated rings. The SMILES string of the molecule is COc1ccccc1/C=C/C(=O)OCC(=O)N(CC(C)C)[C@H]1CCS(=O)(=O)C1. The van der Waals surface area contributed by atoms with Gasteiger partial charge in [0.15, 0.2) is 16.4 Å². The van der Waals surface area contributed by atoms with Gasteiger partial charge in [-0.2, -0.15) is 0 Å². The van der Waals surface area contributed by atoms with Crippen molar-refractivity contribution >= 4 is 27.8 Å². The van der Waals surface area contributed by atoms with E-state index in [1.54, 1.807) is 18.2 Å². The van der Waals surface area contributed by atoms with E-state index in [9.17, 15) is 18.0 Å². The summed E-state index contributed by atoms with van der Waals surface area (Å²) in [4.78, 5) is 26.1. The highest BCUT2D eigenvalue weighted by Crippen LogP contribution is 2.20. The summed E-state index contributed by atoms with van der Waals surface area (Å²) < 4.78 is 33.8. The van der Waals surface area contributed by atoms with Gasteiger partial charge in [0.05, 0.1) is 18.6 Å². The van der Waals surface area contributed by atoms with Gasteiger partial charge in [-0.05, 0) is 24.5 Å². The quantitative estimate of drug-likeness (QED) is 0.481. The molecule has 1 heterocycles. The first kappa shape index (κ1) is 21.9. The van der Waals surface area contributed by atoms with Crippen LogP contribution in [-0.4, -0.2) is 63.0 Å². The number of para-hydroxylation sites is 1. The fourth-order valence-electron chi connectivity index (χ4n) is 3.09. The zero-order chi connectivity index (χ0) is 20.7. The molecule has 1 amide bonds. The van der Waals surface area contributed by atoms with Crippen molar-refractivity contribution in [1.29, 1.82) is 0 Å². The van der Waals surface area contributed by atoms with Crippen LogP contribution in [0.1, 0.15) is 25.8 Å². The third-order valence-electron chi connectivity index (χ3n) is 4.41. The number of methoxy groups -OCH3 is 1. The minimum atomic E-state index is -3.11. The maximum absolute atomic E-state index is 12.6. The Kier molecular flexibility index (Phi) is 7.62. The number of ether oxygens (including phenoxy) is 2. The molecule has 0 unspecified atom stereocenters. The molecule has 1 saturated heterocycles. The van der Waals surface area contributed by atoms with E-state index in [0.29, 0.717) is 24.3 Å². The second-order valence-electron chi connectivity index (χ2n) is 7.18. The summed E-state index contributed by atoms with van der Waals surface area (Å²) in [5, 5.41) is 0. The molecule has 0 bridgehead atoms. The number of carbonyl (C=O) groups excluding carboxylic acids is 2. The Morgan fingerprint density at radius 3 is 2.61 bits per heavy atom. The first-order valence-corrected chi connectivity index (χ1v) is 11.0. The number of hydrogen-bond acceptors (Lipinski definition) is 6. The molecule has 1 aliphatic heterocycles. The highest BCUT2D eigenvalue weighted by molar-refractivity contribution is 7.91. The van der Waals surface area contributed by atoms with Crippen LogP contribution in [0.25, 0.3) is 6.08 Å². The highest BCUT2D eigenvalue weighted by Gasteiger charge is 2.35. The van der Waals surface area contributed by atoms with Gasteiger partial charge in [0.25, 0.3) is 5.91 Å². The molecule has 0 N–H and O–H groups in total. The van der Waals surface area contributed by atoms with Crippen LogP contribution in [-0.2, 0) is 24.2 Å².